The largest absolute Gasteiger partial charge is 0.508 e. The second-order valence-electron chi connectivity index (χ2n) is 5.22. The van der Waals surface area contributed by atoms with E-state index in [0.717, 1.165) is 38.5 Å². The summed E-state index contributed by atoms with van der Waals surface area (Å²) >= 11 is 0. The van der Waals surface area contributed by atoms with Crippen LogP contribution in [0, 0.1) is 0 Å². The summed E-state index contributed by atoms with van der Waals surface area (Å²) < 4.78 is 0. The zero-order chi connectivity index (χ0) is 18.8. The number of benzene rings is 1. The monoisotopic (exact) mass is 342 g/mol. The first-order chi connectivity index (χ1) is 11.3. The molecule has 0 unspecified atom stereocenters. The average molecular weight is 342 g/mol. The van der Waals surface area contributed by atoms with Crippen LogP contribution in [0.4, 0.5) is 0 Å². The highest BCUT2D eigenvalue weighted by Crippen LogP contribution is 2.14. The molecule has 0 amide bonds. The van der Waals surface area contributed by atoms with E-state index < -0.39 is 11.9 Å². The number of phenols is 2. The van der Waals surface area contributed by atoms with Gasteiger partial charge in [-0.25, -0.2) is 0 Å². The molecule has 0 saturated carbocycles. The Labute approximate surface area is 143 Å². The Bertz CT molecular complexity index is 408. The zero-order valence-electron chi connectivity index (χ0n) is 14.6. The van der Waals surface area contributed by atoms with Gasteiger partial charge in [-0.3, -0.25) is 9.59 Å². The number of aromatic hydroxyl groups is 2. The molecule has 0 fully saturated rings. The summed E-state index contributed by atoms with van der Waals surface area (Å²) in [5, 5.41) is 33.6. The molecule has 0 aliphatic rings. The second kappa shape index (κ2) is 17.1. The SMILES string of the molecule is CCCCCC(=O)O.CCCCCC(=O)O.Oc1cccc(O)c1. The van der Waals surface area contributed by atoms with Gasteiger partial charge in [0.2, 0.25) is 0 Å². The molecule has 1 aromatic carbocycles. The van der Waals surface area contributed by atoms with Crippen LogP contribution in [0.5, 0.6) is 11.5 Å². The number of hydrogen-bond donors (Lipinski definition) is 4. The summed E-state index contributed by atoms with van der Waals surface area (Å²) in [4.78, 5) is 19.7. The summed E-state index contributed by atoms with van der Waals surface area (Å²) in [6.45, 7) is 4.11. The minimum absolute atomic E-state index is 0.0880. The van der Waals surface area contributed by atoms with Crippen molar-refractivity contribution in [3.63, 3.8) is 0 Å². The molecule has 138 valence electrons. The number of carbonyl (C=O) groups is 2. The van der Waals surface area contributed by atoms with Crippen LogP contribution >= 0.6 is 0 Å². The molecule has 6 heteroatoms. The quantitative estimate of drug-likeness (QED) is 0.520. The predicted molar refractivity (Wildman–Crippen MR) is 93.3 cm³/mol. The number of hydrogen-bond acceptors (Lipinski definition) is 4. The molecule has 24 heavy (non-hydrogen) atoms. The summed E-state index contributed by atoms with van der Waals surface area (Å²) in [5.41, 5.74) is 0. The van der Waals surface area contributed by atoms with E-state index in [2.05, 4.69) is 13.8 Å². The van der Waals surface area contributed by atoms with E-state index in [1.165, 1.54) is 18.2 Å². The zero-order valence-corrected chi connectivity index (χ0v) is 14.6. The van der Waals surface area contributed by atoms with E-state index in [-0.39, 0.29) is 11.5 Å². The number of aliphatic carboxylic acids is 2. The summed E-state index contributed by atoms with van der Waals surface area (Å²) in [6, 6.07) is 5.85. The molecule has 1 rings (SSSR count). The normalized spacial score (nSPS) is 9.08. The molecule has 0 radical (unpaired) electrons. The van der Waals surface area contributed by atoms with Crippen LogP contribution in [0.25, 0.3) is 0 Å². The van der Waals surface area contributed by atoms with Gasteiger partial charge in [0.25, 0.3) is 0 Å². The van der Waals surface area contributed by atoms with Gasteiger partial charge < -0.3 is 20.4 Å². The molecule has 1 aromatic rings. The standard InChI is InChI=1S/C6H6O2.2C6H12O2/c7-5-2-1-3-6(8)4-5;2*1-2-3-4-5-6(7)8/h1-4,7-8H;2*2-5H2,1H3,(H,7,8). The summed E-state index contributed by atoms with van der Waals surface area (Å²) in [6.07, 6.45) is 6.55. The molecule has 0 saturated heterocycles. The second-order valence-corrected chi connectivity index (χ2v) is 5.22. The van der Waals surface area contributed by atoms with Crippen LogP contribution in [0.1, 0.15) is 65.2 Å². The van der Waals surface area contributed by atoms with Crippen molar-refractivity contribution in [2.24, 2.45) is 0 Å². The van der Waals surface area contributed by atoms with E-state index >= 15 is 0 Å². The molecule has 0 aliphatic heterocycles. The molecule has 0 aliphatic carbocycles. The lowest BCUT2D eigenvalue weighted by Crippen LogP contribution is -1.92. The Hall–Kier alpha value is -2.24. The van der Waals surface area contributed by atoms with Crippen molar-refractivity contribution in [2.75, 3.05) is 0 Å². The van der Waals surface area contributed by atoms with Gasteiger partial charge in [0.15, 0.2) is 0 Å². The van der Waals surface area contributed by atoms with E-state index in [1.807, 2.05) is 0 Å². The van der Waals surface area contributed by atoms with Crippen molar-refractivity contribution in [1.82, 2.24) is 0 Å². The van der Waals surface area contributed by atoms with Gasteiger partial charge in [-0.1, -0.05) is 45.6 Å². The number of unbranched alkanes of at least 4 members (excludes halogenated alkanes) is 4. The maximum atomic E-state index is 9.87. The van der Waals surface area contributed by atoms with Crippen LogP contribution < -0.4 is 0 Å². The number of carboxylic acid groups (broad SMARTS) is 2. The van der Waals surface area contributed by atoms with Crippen LogP contribution in [-0.4, -0.2) is 32.4 Å². The van der Waals surface area contributed by atoms with E-state index in [9.17, 15) is 9.59 Å². The van der Waals surface area contributed by atoms with Gasteiger partial charge in [0.05, 0.1) is 0 Å². The van der Waals surface area contributed by atoms with Crippen molar-refractivity contribution >= 4 is 11.9 Å². The Balaban J connectivity index is 0. The highest BCUT2D eigenvalue weighted by Gasteiger charge is 1.93. The van der Waals surface area contributed by atoms with Crippen molar-refractivity contribution < 1.29 is 30.0 Å². The van der Waals surface area contributed by atoms with Gasteiger partial charge in [-0.2, -0.15) is 0 Å². The van der Waals surface area contributed by atoms with Crippen molar-refractivity contribution in [2.45, 2.75) is 65.2 Å². The lowest BCUT2D eigenvalue weighted by Gasteiger charge is -1.89. The predicted octanol–water partition coefficient (Wildman–Crippen LogP) is 4.40. The average Bonchev–Trinajstić information content (AvgIpc) is 2.48. The first kappa shape index (κ1) is 24.0. The Morgan fingerprint density at radius 3 is 1.38 bits per heavy atom. The fraction of sp³-hybridized carbons (Fsp3) is 0.556. The van der Waals surface area contributed by atoms with Crippen LogP contribution in [0.15, 0.2) is 24.3 Å². The summed E-state index contributed by atoms with van der Waals surface area (Å²) in [5.74, 6) is -1.19. The third kappa shape index (κ3) is 22.0. The Morgan fingerprint density at radius 2 is 1.17 bits per heavy atom. The van der Waals surface area contributed by atoms with Crippen LogP contribution in [0.2, 0.25) is 0 Å². The number of carboxylic acids is 2. The lowest BCUT2D eigenvalue weighted by molar-refractivity contribution is -0.138. The highest BCUT2D eigenvalue weighted by atomic mass is 16.4. The molecule has 0 aromatic heterocycles. The van der Waals surface area contributed by atoms with Crippen molar-refractivity contribution in [1.29, 1.82) is 0 Å². The Morgan fingerprint density at radius 1 is 0.792 bits per heavy atom. The maximum absolute atomic E-state index is 9.87. The lowest BCUT2D eigenvalue weighted by atomic mass is 10.2. The minimum atomic E-state index is -0.682. The molecular weight excluding hydrogens is 312 g/mol. The third-order valence-electron chi connectivity index (χ3n) is 2.82. The molecule has 0 bridgehead atoms. The maximum Gasteiger partial charge on any atom is 0.303 e. The van der Waals surface area contributed by atoms with Gasteiger partial charge in [0.1, 0.15) is 11.5 Å². The molecule has 0 atom stereocenters. The first-order valence-corrected chi connectivity index (χ1v) is 8.25. The first-order valence-electron chi connectivity index (χ1n) is 8.25. The molecular formula is C18H30O6. The fourth-order valence-electron chi connectivity index (χ4n) is 1.55. The molecule has 4 N–H and O–H groups in total. The molecule has 6 nitrogen and oxygen atoms in total. The van der Waals surface area contributed by atoms with E-state index in [4.69, 9.17) is 20.4 Å². The van der Waals surface area contributed by atoms with Gasteiger partial charge >= 0.3 is 11.9 Å². The number of rotatable bonds is 8. The van der Waals surface area contributed by atoms with Crippen molar-refractivity contribution in [3.05, 3.63) is 24.3 Å². The fourth-order valence-corrected chi connectivity index (χ4v) is 1.55. The topological polar surface area (TPSA) is 115 Å². The van der Waals surface area contributed by atoms with E-state index in [1.54, 1.807) is 6.07 Å². The highest BCUT2D eigenvalue weighted by molar-refractivity contribution is 5.66. The molecule has 0 spiro atoms. The van der Waals surface area contributed by atoms with Crippen molar-refractivity contribution in [3.8, 4) is 11.5 Å². The van der Waals surface area contributed by atoms with Crippen LogP contribution in [0.3, 0.4) is 0 Å². The number of phenolic OH excluding ortho intramolecular Hbond substituents is 2. The van der Waals surface area contributed by atoms with Gasteiger partial charge in [-0.05, 0) is 25.0 Å². The molecule has 0 heterocycles. The smallest absolute Gasteiger partial charge is 0.303 e. The van der Waals surface area contributed by atoms with Gasteiger partial charge in [0, 0.05) is 18.9 Å². The third-order valence-corrected chi connectivity index (χ3v) is 2.82. The van der Waals surface area contributed by atoms with E-state index in [0.29, 0.717) is 12.8 Å². The summed E-state index contributed by atoms with van der Waals surface area (Å²) in [7, 11) is 0. The minimum Gasteiger partial charge on any atom is -0.508 e. The van der Waals surface area contributed by atoms with Gasteiger partial charge in [-0.15, -0.1) is 0 Å². The Kier molecular flexibility index (Phi) is 17.1. The van der Waals surface area contributed by atoms with Crippen LogP contribution in [-0.2, 0) is 9.59 Å².